The van der Waals surface area contributed by atoms with Gasteiger partial charge in [-0.1, -0.05) is 13.8 Å². The third-order valence-corrected chi connectivity index (χ3v) is 2.08. The highest BCUT2D eigenvalue weighted by Crippen LogP contribution is 2.25. The first-order valence-electron chi connectivity index (χ1n) is 3.17. The molecule has 0 aliphatic carbocycles. The Morgan fingerprint density at radius 1 is 1.44 bits per heavy atom. The molecule has 2 heteroatoms. The van der Waals surface area contributed by atoms with Crippen molar-refractivity contribution in [2.24, 2.45) is 0 Å². The van der Waals surface area contributed by atoms with E-state index in [4.69, 9.17) is 5.41 Å². The first-order valence-corrected chi connectivity index (χ1v) is 4.05. The van der Waals surface area contributed by atoms with Crippen LogP contribution in [0.2, 0.25) is 0 Å². The fourth-order valence-corrected chi connectivity index (χ4v) is 1.92. The van der Waals surface area contributed by atoms with E-state index in [9.17, 15) is 0 Å². The number of nitrogens with one attached hydrogen (secondary N) is 1. The fourth-order valence-electron chi connectivity index (χ4n) is 0.642. The van der Waals surface area contributed by atoms with Gasteiger partial charge >= 0.3 is 0 Å². The van der Waals surface area contributed by atoms with E-state index < -0.39 is 0 Å². The van der Waals surface area contributed by atoms with Crippen LogP contribution in [0, 0.1) is 5.41 Å². The van der Waals surface area contributed by atoms with Crippen molar-refractivity contribution in [3.63, 3.8) is 0 Å². The van der Waals surface area contributed by atoms with Crippen molar-refractivity contribution in [2.45, 2.75) is 37.7 Å². The highest BCUT2D eigenvalue weighted by atomic mass is 32.2. The van der Waals surface area contributed by atoms with E-state index in [-0.39, 0.29) is 4.75 Å². The van der Waals surface area contributed by atoms with E-state index in [1.807, 2.05) is 11.8 Å². The van der Waals surface area contributed by atoms with Crippen LogP contribution in [0.15, 0.2) is 0 Å². The van der Waals surface area contributed by atoms with Crippen molar-refractivity contribution in [3.8, 4) is 0 Å². The van der Waals surface area contributed by atoms with E-state index in [0.29, 0.717) is 5.25 Å². The standard InChI is InChI=1S/C7H15NS/c1-6(2)9-7(3,4)5-8/h5-6,8H,1-4H3. The summed E-state index contributed by atoms with van der Waals surface area (Å²) in [6.07, 6.45) is 1.50. The fraction of sp³-hybridized carbons (Fsp3) is 0.857. The molecule has 0 aromatic rings. The van der Waals surface area contributed by atoms with Gasteiger partial charge in [-0.2, -0.15) is 0 Å². The molecule has 0 aromatic carbocycles. The van der Waals surface area contributed by atoms with Gasteiger partial charge in [-0.25, -0.2) is 0 Å². The van der Waals surface area contributed by atoms with Gasteiger partial charge < -0.3 is 5.41 Å². The Kier molecular flexibility index (Phi) is 3.26. The maximum Gasteiger partial charge on any atom is 0.0450 e. The molecule has 0 fully saturated rings. The van der Waals surface area contributed by atoms with Crippen LogP contribution in [0.3, 0.4) is 0 Å². The van der Waals surface area contributed by atoms with Crippen LogP contribution in [0.4, 0.5) is 0 Å². The average Bonchev–Trinajstić information content (AvgIpc) is 1.63. The van der Waals surface area contributed by atoms with Crippen LogP contribution in [0.1, 0.15) is 27.7 Å². The Hall–Kier alpha value is 0.0200. The highest BCUT2D eigenvalue weighted by Gasteiger charge is 2.15. The molecular formula is C7H15NS. The zero-order chi connectivity index (χ0) is 7.49. The number of hydrogen-bond donors (Lipinski definition) is 1. The smallest absolute Gasteiger partial charge is 0.0450 e. The van der Waals surface area contributed by atoms with Gasteiger partial charge in [0.1, 0.15) is 0 Å². The maximum atomic E-state index is 7.05. The van der Waals surface area contributed by atoms with Gasteiger partial charge in [0.2, 0.25) is 0 Å². The van der Waals surface area contributed by atoms with Crippen molar-refractivity contribution in [1.29, 1.82) is 5.41 Å². The van der Waals surface area contributed by atoms with Crippen LogP contribution in [-0.2, 0) is 0 Å². The molecule has 54 valence electrons. The minimum atomic E-state index is 0.0220. The van der Waals surface area contributed by atoms with Gasteiger partial charge in [0.15, 0.2) is 0 Å². The van der Waals surface area contributed by atoms with Crippen molar-refractivity contribution < 1.29 is 0 Å². The second-order valence-electron chi connectivity index (χ2n) is 2.91. The molecule has 0 amide bonds. The molecule has 0 atom stereocenters. The van der Waals surface area contributed by atoms with Crippen LogP contribution < -0.4 is 0 Å². The molecule has 0 heterocycles. The lowest BCUT2D eigenvalue weighted by atomic mass is 10.2. The molecule has 1 nitrogen and oxygen atoms in total. The molecule has 0 saturated heterocycles. The minimum Gasteiger partial charge on any atom is -0.312 e. The Labute approximate surface area is 61.7 Å². The second-order valence-corrected chi connectivity index (χ2v) is 5.15. The van der Waals surface area contributed by atoms with Gasteiger partial charge in [-0.05, 0) is 19.1 Å². The predicted octanol–water partition coefficient (Wildman–Crippen LogP) is 2.56. The Bertz CT molecular complexity index is 97.1. The van der Waals surface area contributed by atoms with Crippen molar-refractivity contribution in [2.75, 3.05) is 0 Å². The molecule has 0 rings (SSSR count). The lowest BCUT2D eigenvalue weighted by Gasteiger charge is -2.19. The quantitative estimate of drug-likeness (QED) is 0.606. The number of thioether (sulfide) groups is 1. The van der Waals surface area contributed by atoms with E-state index in [1.165, 1.54) is 6.21 Å². The van der Waals surface area contributed by atoms with Gasteiger partial charge in [-0.3, -0.25) is 0 Å². The third-order valence-electron chi connectivity index (χ3n) is 0.887. The normalized spacial score (nSPS) is 12.1. The van der Waals surface area contributed by atoms with E-state index in [1.54, 1.807) is 0 Å². The molecule has 0 aliphatic heterocycles. The van der Waals surface area contributed by atoms with Gasteiger partial charge in [0, 0.05) is 11.0 Å². The van der Waals surface area contributed by atoms with E-state index in [0.717, 1.165) is 0 Å². The average molecular weight is 145 g/mol. The lowest BCUT2D eigenvalue weighted by Crippen LogP contribution is -2.18. The van der Waals surface area contributed by atoms with Crippen LogP contribution in [-0.4, -0.2) is 16.2 Å². The van der Waals surface area contributed by atoms with Crippen LogP contribution >= 0.6 is 11.8 Å². The molecule has 0 bridgehead atoms. The number of hydrogen-bond acceptors (Lipinski definition) is 2. The van der Waals surface area contributed by atoms with Crippen molar-refractivity contribution in [1.82, 2.24) is 0 Å². The first-order chi connectivity index (χ1) is 3.98. The zero-order valence-corrected chi connectivity index (χ0v) is 7.38. The first kappa shape index (κ1) is 9.02. The summed E-state index contributed by atoms with van der Waals surface area (Å²) in [5, 5.41) is 7.67. The molecule has 0 aromatic heterocycles. The second kappa shape index (κ2) is 3.25. The summed E-state index contributed by atoms with van der Waals surface area (Å²) in [5.41, 5.74) is 0. The Balaban J connectivity index is 3.71. The van der Waals surface area contributed by atoms with Crippen molar-refractivity contribution >= 4 is 18.0 Å². The summed E-state index contributed by atoms with van der Waals surface area (Å²) < 4.78 is 0.0220. The van der Waals surface area contributed by atoms with Crippen molar-refractivity contribution in [3.05, 3.63) is 0 Å². The summed E-state index contributed by atoms with van der Waals surface area (Å²) in [7, 11) is 0. The molecule has 0 saturated carbocycles. The molecule has 0 unspecified atom stereocenters. The molecule has 0 radical (unpaired) electrons. The zero-order valence-electron chi connectivity index (χ0n) is 6.56. The minimum absolute atomic E-state index is 0.0220. The third kappa shape index (κ3) is 4.52. The molecular weight excluding hydrogens is 130 g/mol. The van der Waals surface area contributed by atoms with Gasteiger partial charge in [0.25, 0.3) is 0 Å². The largest absolute Gasteiger partial charge is 0.312 e. The summed E-state index contributed by atoms with van der Waals surface area (Å²) in [4.78, 5) is 0. The predicted molar refractivity (Wildman–Crippen MR) is 45.6 cm³/mol. The SMILES string of the molecule is CC(C)SC(C)(C)C=N. The van der Waals surface area contributed by atoms with Crippen LogP contribution in [0.5, 0.6) is 0 Å². The monoisotopic (exact) mass is 145 g/mol. The highest BCUT2D eigenvalue weighted by molar-refractivity contribution is 8.01. The maximum absolute atomic E-state index is 7.05. The van der Waals surface area contributed by atoms with Crippen LogP contribution in [0.25, 0.3) is 0 Å². The topological polar surface area (TPSA) is 23.9 Å². The molecule has 0 aliphatic rings. The summed E-state index contributed by atoms with van der Waals surface area (Å²) in [5.74, 6) is 0. The molecule has 9 heavy (non-hydrogen) atoms. The lowest BCUT2D eigenvalue weighted by molar-refractivity contribution is 0.945. The Morgan fingerprint density at radius 2 is 1.89 bits per heavy atom. The summed E-state index contributed by atoms with van der Waals surface area (Å²) >= 11 is 1.81. The van der Waals surface area contributed by atoms with E-state index >= 15 is 0 Å². The summed E-state index contributed by atoms with van der Waals surface area (Å²) in [6.45, 7) is 8.42. The summed E-state index contributed by atoms with van der Waals surface area (Å²) in [6, 6.07) is 0. The molecule has 1 N–H and O–H groups in total. The molecule has 0 spiro atoms. The van der Waals surface area contributed by atoms with Gasteiger partial charge in [-0.15, -0.1) is 11.8 Å². The Morgan fingerprint density at radius 3 is 2.00 bits per heavy atom. The van der Waals surface area contributed by atoms with Gasteiger partial charge in [0.05, 0.1) is 0 Å². The number of rotatable bonds is 3. The van der Waals surface area contributed by atoms with E-state index in [2.05, 4.69) is 27.7 Å².